The summed E-state index contributed by atoms with van der Waals surface area (Å²) in [5.74, 6) is 0. The van der Waals surface area contributed by atoms with Crippen LogP contribution >= 0.6 is 0 Å². The summed E-state index contributed by atoms with van der Waals surface area (Å²) in [7, 11) is 1.40. The molecule has 3 N–H and O–H groups in total. The van der Waals surface area contributed by atoms with Crippen LogP contribution in [0.3, 0.4) is 0 Å². The lowest BCUT2D eigenvalue weighted by Gasteiger charge is -2.35. The number of hydrogen-bond donors (Lipinski definition) is 3. The standard InChI is InChI=1S/C7H14O5.C3H6/c1-11-7-5(10)2-4(9)6(3-8)12-7;1-3-2/h4-10H,2-3H2,1H3;3H,1H2,2H3. The molecule has 0 aromatic carbocycles. The van der Waals surface area contributed by atoms with E-state index in [9.17, 15) is 10.2 Å². The van der Waals surface area contributed by atoms with Crippen molar-refractivity contribution >= 4 is 0 Å². The third-order valence-electron chi connectivity index (χ3n) is 1.95. The molecule has 0 spiro atoms. The van der Waals surface area contributed by atoms with Gasteiger partial charge in [0.25, 0.3) is 0 Å². The molecule has 4 unspecified atom stereocenters. The van der Waals surface area contributed by atoms with Gasteiger partial charge in [0.05, 0.1) is 12.7 Å². The molecule has 4 atom stereocenters. The zero-order valence-corrected chi connectivity index (χ0v) is 9.17. The van der Waals surface area contributed by atoms with Crippen LogP contribution in [0.4, 0.5) is 0 Å². The molecule has 0 aromatic heterocycles. The first kappa shape index (κ1) is 14.5. The van der Waals surface area contributed by atoms with Gasteiger partial charge < -0.3 is 24.8 Å². The Morgan fingerprint density at radius 2 is 2.00 bits per heavy atom. The van der Waals surface area contributed by atoms with Gasteiger partial charge in [-0.15, -0.1) is 6.58 Å². The van der Waals surface area contributed by atoms with Crippen molar-refractivity contribution in [2.24, 2.45) is 0 Å². The topological polar surface area (TPSA) is 79.2 Å². The second-order valence-electron chi connectivity index (χ2n) is 3.24. The van der Waals surface area contributed by atoms with Gasteiger partial charge in [-0.2, -0.15) is 0 Å². The summed E-state index contributed by atoms with van der Waals surface area (Å²) in [6, 6.07) is 0. The SMILES string of the molecule is C=CC.COC1OC(CO)C(O)CC1O. The zero-order chi connectivity index (χ0) is 11.8. The Morgan fingerprint density at radius 1 is 1.47 bits per heavy atom. The summed E-state index contributed by atoms with van der Waals surface area (Å²) in [6.45, 7) is 4.98. The Bertz CT molecular complexity index is 159. The van der Waals surface area contributed by atoms with Gasteiger partial charge in [0.2, 0.25) is 0 Å². The van der Waals surface area contributed by atoms with Crippen LogP contribution in [-0.4, -0.2) is 53.6 Å². The number of aliphatic hydroxyl groups is 3. The van der Waals surface area contributed by atoms with E-state index in [-0.39, 0.29) is 13.0 Å². The van der Waals surface area contributed by atoms with E-state index in [1.165, 1.54) is 7.11 Å². The highest BCUT2D eigenvalue weighted by molar-refractivity contribution is 4.80. The number of ether oxygens (including phenoxy) is 2. The molecule has 1 saturated heterocycles. The van der Waals surface area contributed by atoms with Crippen LogP contribution < -0.4 is 0 Å². The molecule has 90 valence electrons. The number of methoxy groups -OCH3 is 1. The lowest BCUT2D eigenvalue weighted by atomic mass is 10.0. The molecule has 15 heavy (non-hydrogen) atoms. The summed E-state index contributed by atoms with van der Waals surface area (Å²) in [6.07, 6.45) is -1.13. The normalized spacial score (nSPS) is 35.3. The monoisotopic (exact) mass is 220 g/mol. The maximum Gasteiger partial charge on any atom is 0.183 e. The van der Waals surface area contributed by atoms with E-state index in [0.29, 0.717) is 0 Å². The first-order valence-corrected chi connectivity index (χ1v) is 4.82. The predicted octanol–water partition coefficient (Wildman–Crippen LogP) is -0.346. The van der Waals surface area contributed by atoms with E-state index < -0.39 is 24.6 Å². The van der Waals surface area contributed by atoms with Crippen molar-refractivity contribution in [3.8, 4) is 0 Å². The molecule has 0 aliphatic carbocycles. The maximum atomic E-state index is 9.26. The predicted molar refractivity (Wildman–Crippen MR) is 55.3 cm³/mol. The molecule has 1 aliphatic heterocycles. The molecule has 0 bridgehead atoms. The van der Waals surface area contributed by atoms with Crippen molar-refractivity contribution in [1.82, 2.24) is 0 Å². The second kappa shape index (κ2) is 7.78. The van der Waals surface area contributed by atoms with E-state index in [1.807, 2.05) is 6.92 Å². The van der Waals surface area contributed by atoms with Gasteiger partial charge in [-0.3, -0.25) is 0 Å². The quantitative estimate of drug-likeness (QED) is 0.555. The highest BCUT2D eigenvalue weighted by Crippen LogP contribution is 2.20. The lowest BCUT2D eigenvalue weighted by Crippen LogP contribution is -2.49. The molecule has 0 saturated carbocycles. The minimum absolute atomic E-state index is 0.170. The largest absolute Gasteiger partial charge is 0.394 e. The van der Waals surface area contributed by atoms with Crippen LogP contribution in [0.5, 0.6) is 0 Å². The Labute approximate surface area is 89.9 Å². The van der Waals surface area contributed by atoms with E-state index in [0.717, 1.165) is 0 Å². The van der Waals surface area contributed by atoms with Gasteiger partial charge in [0.1, 0.15) is 12.2 Å². The fraction of sp³-hybridized carbons (Fsp3) is 0.800. The van der Waals surface area contributed by atoms with Crippen molar-refractivity contribution in [3.63, 3.8) is 0 Å². The Balaban J connectivity index is 0.000000583. The van der Waals surface area contributed by atoms with Gasteiger partial charge in [0.15, 0.2) is 6.29 Å². The second-order valence-corrected chi connectivity index (χ2v) is 3.24. The van der Waals surface area contributed by atoms with Crippen LogP contribution in [0.25, 0.3) is 0 Å². The van der Waals surface area contributed by atoms with Gasteiger partial charge in [-0.25, -0.2) is 0 Å². The summed E-state index contributed by atoms with van der Waals surface area (Å²) < 4.78 is 9.83. The summed E-state index contributed by atoms with van der Waals surface area (Å²) in [4.78, 5) is 0. The zero-order valence-electron chi connectivity index (χ0n) is 9.17. The molecule has 1 fully saturated rings. The summed E-state index contributed by atoms with van der Waals surface area (Å²) in [5.41, 5.74) is 0. The molecule has 1 aliphatic rings. The fourth-order valence-corrected chi connectivity index (χ4v) is 1.24. The van der Waals surface area contributed by atoms with Crippen molar-refractivity contribution in [2.45, 2.75) is 37.9 Å². The minimum Gasteiger partial charge on any atom is -0.394 e. The molecule has 1 rings (SSSR count). The van der Waals surface area contributed by atoms with Crippen LogP contribution in [0.15, 0.2) is 12.7 Å². The smallest absolute Gasteiger partial charge is 0.183 e. The first-order valence-electron chi connectivity index (χ1n) is 4.82. The molecule has 0 aromatic rings. The molecule has 0 radical (unpaired) electrons. The number of aliphatic hydroxyl groups excluding tert-OH is 3. The van der Waals surface area contributed by atoms with Crippen molar-refractivity contribution in [3.05, 3.63) is 12.7 Å². The van der Waals surface area contributed by atoms with E-state index >= 15 is 0 Å². The summed E-state index contributed by atoms with van der Waals surface area (Å²) >= 11 is 0. The Kier molecular flexibility index (Phi) is 7.54. The first-order chi connectivity index (χ1) is 7.10. The molecule has 5 heteroatoms. The molecule has 0 amide bonds. The van der Waals surface area contributed by atoms with Gasteiger partial charge >= 0.3 is 0 Å². The maximum absolute atomic E-state index is 9.26. The Hall–Kier alpha value is -0.460. The van der Waals surface area contributed by atoms with Gasteiger partial charge in [0, 0.05) is 13.5 Å². The average molecular weight is 220 g/mol. The van der Waals surface area contributed by atoms with Crippen LogP contribution in [-0.2, 0) is 9.47 Å². The molecular formula is C10H20O5. The molecular weight excluding hydrogens is 200 g/mol. The Morgan fingerprint density at radius 3 is 2.40 bits per heavy atom. The number of hydrogen-bond acceptors (Lipinski definition) is 5. The summed E-state index contributed by atoms with van der Waals surface area (Å²) in [5, 5.41) is 27.3. The van der Waals surface area contributed by atoms with Crippen LogP contribution in [0.1, 0.15) is 13.3 Å². The fourth-order valence-electron chi connectivity index (χ4n) is 1.24. The minimum atomic E-state index is -0.826. The number of allylic oxidation sites excluding steroid dienone is 1. The van der Waals surface area contributed by atoms with E-state index in [1.54, 1.807) is 6.08 Å². The molecule has 5 nitrogen and oxygen atoms in total. The lowest BCUT2D eigenvalue weighted by molar-refractivity contribution is -0.261. The highest BCUT2D eigenvalue weighted by Gasteiger charge is 2.35. The number of rotatable bonds is 2. The van der Waals surface area contributed by atoms with E-state index in [4.69, 9.17) is 14.6 Å². The van der Waals surface area contributed by atoms with Crippen LogP contribution in [0.2, 0.25) is 0 Å². The van der Waals surface area contributed by atoms with Gasteiger partial charge in [-0.1, -0.05) is 6.08 Å². The van der Waals surface area contributed by atoms with Gasteiger partial charge in [-0.05, 0) is 6.92 Å². The van der Waals surface area contributed by atoms with E-state index in [2.05, 4.69) is 6.58 Å². The highest BCUT2D eigenvalue weighted by atomic mass is 16.7. The molecule has 1 heterocycles. The van der Waals surface area contributed by atoms with Crippen LogP contribution in [0, 0.1) is 0 Å². The average Bonchev–Trinajstić information content (AvgIpc) is 2.19. The van der Waals surface area contributed by atoms with Crippen molar-refractivity contribution < 1.29 is 24.8 Å². The third-order valence-corrected chi connectivity index (χ3v) is 1.95. The van der Waals surface area contributed by atoms with Crippen molar-refractivity contribution in [2.75, 3.05) is 13.7 Å². The van der Waals surface area contributed by atoms with Crippen molar-refractivity contribution in [1.29, 1.82) is 0 Å². The third kappa shape index (κ3) is 4.72.